The number of rotatable bonds is 4. The van der Waals surface area contributed by atoms with Crippen LogP contribution in [0.4, 0.5) is 5.69 Å². The Balaban J connectivity index is 1.69. The van der Waals surface area contributed by atoms with Crippen LogP contribution in [0.15, 0.2) is 67.1 Å². The third kappa shape index (κ3) is 3.72. The zero-order valence-corrected chi connectivity index (χ0v) is 14.5. The Kier molecular flexibility index (Phi) is 4.98. The van der Waals surface area contributed by atoms with Crippen LogP contribution in [0.2, 0.25) is 0 Å². The summed E-state index contributed by atoms with van der Waals surface area (Å²) in [6.07, 6.45) is 2.99. The lowest BCUT2D eigenvalue weighted by Gasteiger charge is -2.14. The fourth-order valence-electron chi connectivity index (χ4n) is 2.43. The number of imidazole rings is 1. The predicted molar refractivity (Wildman–Crippen MR) is 99.3 cm³/mol. The lowest BCUT2D eigenvalue weighted by molar-refractivity contribution is 0.0843. The summed E-state index contributed by atoms with van der Waals surface area (Å²) in [5.41, 5.74) is 7.33. The van der Waals surface area contributed by atoms with Crippen molar-refractivity contribution in [1.29, 1.82) is 0 Å². The summed E-state index contributed by atoms with van der Waals surface area (Å²) in [5, 5.41) is 0. The third-order valence-corrected chi connectivity index (χ3v) is 3.82. The van der Waals surface area contributed by atoms with Gasteiger partial charge in [-0.1, -0.05) is 24.3 Å². The molecule has 3 aromatic rings. The second kappa shape index (κ2) is 7.52. The number of amides is 2. The topological polar surface area (TPSA) is 79.3 Å². The summed E-state index contributed by atoms with van der Waals surface area (Å²) in [5.74, 6) is -0.851. The average molecular weight is 349 g/mol. The lowest BCUT2D eigenvalue weighted by Crippen LogP contribution is -2.42. The van der Waals surface area contributed by atoms with E-state index in [1.54, 1.807) is 29.1 Å². The standard InChI is InChI=1S/C19H19N5O2/c1-23(2)16-10-6-7-14(11-16)18(25)21-22-19(26)17-12-20-13-24(17)15-8-4-3-5-9-15/h3-13H,1-2H3,(H,21,25)(H,22,26). The molecule has 0 bridgehead atoms. The summed E-state index contributed by atoms with van der Waals surface area (Å²) < 4.78 is 1.65. The third-order valence-electron chi connectivity index (χ3n) is 3.82. The molecule has 26 heavy (non-hydrogen) atoms. The normalized spacial score (nSPS) is 10.2. The monoisotopic (exact) mass is 349 g/mol. The lowest BCUT2D eigenvalue weighted by atomic mass is 10.2. The molecule has 3 rings (SSSR count). The second-order valence-electron chi connectivity index (χ2n) is 5.84. The fraction of sp³-hybridized carbons (Fsp3) is 0.105. The molecule has 132 valence electrons. The molecule has 1 aromatic heterocycles. The molecule has 0 aliphatic heterocycles. The molecule has 0 spiro atoms. The second-order valence-corrected chi connectivity index (χ2v) is 5.84. The van der Waals surface area contributed by atoms with Gasteiger partial charge in [0.2, 0.25) is 0 Å². The molecule has 0 radical (unpaired) electrons. The first-order chi connectivity index (χ1) is 12.6. The highest BCUT2D eigenvalue weighted by Gasteiger charge is 2.14. The Hall–Kier alpha value is -3.61. The molecule has 0 saturated carbocycles. The van der Waals surface area contributed by atoms with Crippen LogP contribution in [0.25, 0.3) is 5.69 Å². The number of para-hydroxylation sites is 1. The maximum Gasteiger partial charge on any atom is 0.288 e. The van der Waals surface area contributed by atoms with Gasteiger partial charge in [-0.05, 0) is 30.3 Å². The van der Waals surface area contributed by atoms with Gasteiger partial charge >= 0.3 is 0 Å². The number of benzene rings is 2. The largest absolute Gasteiger partial charge is 0.378 e. The van der Waals surface area contributed by atoms with Crippen LogP contribution in [0.1, 0.15) is 20.8 Å². The molecule has 0 aliphatic carbocycles. The van der Waals surface area contributed by atoms with Gasteiger partial charge in [0, 0.05) is 31.0 Å². The van der Waals surface area contributed by atoms with E-state index in [9.17, 15) is 9.59 Å². The molecule has 0 fully saturated rings. The van der Waals surface area contributed by atoms with Crippen molar-refractivity contribution in [3.63, 3.8) is 0 Å². The number of hydrogen-bond donors (Lipinski definition) is 2. The van der Waals surface area contributed by atoms with Crippen LogP contribution in [0, 0.1) is 0 Å². The molecule has 7 heteroatoms. The van der Waals surface area contributed by atoms with Crippen LogP contribution in [0.5, 0.6) is 0 Å². The van der Waals surface area contributed by atoms with Gasteiger partial charge in [0.25, 0.3) is 11.8 Å². The van der Waals surface area contributed by atoms with E-state index in [4.69, 9.17) is 0 Å². The van der Waals surface area contributed by atoms with Crippen molar-refractivity contribution in [2.24, 2.45) is 0 Å². The first-order valence-electron chi connectivity index (χ1n) is 8.02. The van der Waals surface area contributed by atoms with Gasteiger partial charge in [0.1, 0.15) is 5.69 Å². The summed E-state index contributed by atoms with van der Waals surface area (Å²) in [6.45, 7) is 0. The van der Waals surface area contributed by atoms with E-state index in [0.717, 1.165) is 11.4 Å². The van der Waals surface area contributed by atoms with Gasteiger partial charge < -0.3 is 4.90 Å². The minimum atomic E-state index is -0.455. The van der Waals surface area contributed by atoms with Crippen molar-refractivity contribution < 1.29 is 9.59 Å². The Labute approximate surface area is 151 Å². The van der Waals surface area contributed by atoms with Gasteiger partial charge in [0.05, 0.1) is 12.5 Å². The molecular weight excluding hydrogens is 330 g/mol. The maximum atomic E-state index is 12.4. The maximum absolute atomic E-state index is 12.4. The highest BCUT2D eigenvalue weighted by molar-refractivity contribution is 5.99. The highest BCUT2D eigenvalue weighted by atomic mass is 16.2. The molecule has 0 saturated heterocycles. The molecule has 0 atom stereocenters. The van der Waals surface area contributed by atoms with E-state index in [1.807, 2.05) is 55.4 Å². The molecule has 7 nitrogen and oxygen atoms in total. The number of nitrogens with one attached hydrogen (secondary N) is 2. The molecule has 0 aliphatic rings. The Morgan fingerprint density at radius 2 is 1.69 bits per heavy atom. The smallest absolute Gasteiger partial charge is 0.288 e. The summed E-state index contributed by atoms with van der Waals surface area (Å²) in [6, 6.07) is 16.5. The van der Waals surface area contributed by atoms with Crippen molar-refractivity contribution >= 4 is 17.5 Å². The van der Waals surface area contributed by atoms with E-state index in [1.165, 1.54) is 6.20 Å². The molecule has 2 aromatic carbocycles. The number of carbonyl (C=O) groups excluding carboxylic acids is 2. The van der Waals surface area contributed by atoms with Gasteiger partial charge in [0.15, 0.2) is 0 Å². The first-order valence-corrected chi connectivity index (χ1v) is 8.02. The number of hydrogen-bond acceptors (Lipinski definition) is 4. The molecule has 2 amide bonds. The van der Waals surface area contributed by atoms with Crippen molar-refractivity contribution in [2.75, 3.05) is 19.0 Å². The van der Waals surface area contributed by atoms with E-state index in [0.29, 0.717) is 11.3 Å². The number of carbonyl (C=O) groups is 2. The molecule has 0 unspecified atom stereocenters. The quantitative estimate of drug-likeness (QED) is 0.706. The molecular formula is C19H19N5O2. The minimum absolute atomic E-state index is 0.318. The average Bonchev–Trinajstić information content (AvgIpc) is 3.16. The van der Waals surface area contributed by atoms with Crippen molar-refractivity contribution in [1.82, 2.24) is 20.4 Å². The highest BCUT2D eigenvalue weighted by Crippen LogP contribution is 2.13. The van der Waals surface area contributed by atoms with Gasteiger partial charge in [-0.15, -0.1) is 0 Å². The Morgan fingerprint density at radius 1 is 0.962 bits per heavy atom. The van der Waals surface area contributed by atoms with Crippen LogP contribution >= 0.6 is 0 Å². The summed E-state index contributed by atoms with van der Waals surface area (Å²) in [4.78, 5) is 30.6. The van der Waals surface area contributed by atoms with E-state index < -0.39 is 11.8 Å². The first kappa shape index (κ1) is 17.2. The molecule has 1 heterocycles. The predicted octanol–water partition coefficient (Wildman–Crippen LogP) is 2.01. The summed E-state index contributed by atoms with van der Waals surface area (Å²) in [7, 11) is 3.78. The van der Waals surface area contributed by atoms with E-state index in [2.05, 4.69) is 15.8 Å². The summed E-state index contributed by atoms with van der Waals surface area (Å²) >= 11 is 0. The minimum Gasteiger partial charge on any atom is -0.378 e. The molecule has 2 N–H and O–H groups in total. The number of nitrogens with zero attached hydrogens (tertiary/aromatic N) is 3. The van der Waals surface area contributed by atoms with Crippen LogP contribution in [-0.2, 0) is 0 Å². The SMILES string of the molecule is CN(C)c1cccc(C(=O)NNC(=O)c2cncn2-c2ccccc2)c1. The van der Waals surface area contributed by atoms with Gasteiger partial charge in [-0.3, -0.25) is 25.0 Å². The van der Waals surface area contributed by atoms with Crippen LogP contribution in [0.3, 0.4) is 0 Å². The number of anilines is 1. The Morgan fingerprint density at radius 3 is 2.42 bits per heavy atom. The fourth-order valence-corrected chi connectivity index (χ4v) is 2.43. The van der Waals surface area contributed by atoms with Gasteiger partial charge in [-0.2, -0.15) is 0 Å². The van der Waals surface area contributed by atoms with E-state index >= 15 is 0 Å². The zero-order valence-electron chi connectivity index (χ0n) is 14.5. The Bertz CT molecular complexity index is 918. The van der Waals surface area contributed by atoms with Crippen LogP contribution < -0.4 is 15.8 Å². The van der Waals surface area contributed by atoms with Crippen molar-refractivity contribution in [3.8, 4) is 5.69 Å². The number of aromatic nitrogens is 2. The van der Waals surface area contributed by atoms with E-state index in [-0.39, 0.29) is 0 Å². The van der Waals surface area contributed by atoms with Crippen LogP contribution in [-0.4, -0.2) is 35.5 Å². The van der Waals surface area contributed by atoms with Crippen molar-refractivity contribution in [2.45, 2.75) is 0 Å². The number of hydrazine groups is 1. The van der Waals surface area contributed by atoms with Crippen molar-refractivity contribution in [3.05, 3.63) is 78.4 Å². The van der Waals surface area contributed by atoms with Gasteiger partial charge in [-0.25, -0.2) is 4.98 Å². The zero-order chi connectivity index (χ0) is 18.5.